The van der Waals surface area contributed by atoms with Crippen molar-refractivity contribution in [3.63, 3.8) is 0 Å². The molecule has 3 aromatic heterocycles. The van der Waals surface area contributed by atoms with Crippen LogP contribution in [0.2, 0.25) is 0 Å². The molecule has 0 fully saturated rings. The number of ether oxygens (including phenoxy) is 1. The van der Waals surface area contributed by atoms with Gasteiger partial charge in [0.15, 0.2) is 5.65 Å². The van der Waals surface area contributed by atoms with E-state index in [1.165, 1.54) is 42.7 Å². The third-order valence-corrected chi connectivity index (χ3v) is 8.12. The molecule has 41 heavy (non-hydrogen) atoms. The van der Waals surface area contributed by atoms with Crippen molar-refractivity contribution in [3.05, 3.63) is 70.2 Å². The molecular formula is C27H23F4N5O4S. The molecule has 0 aliphatic carbocycles. The number of nitrogens with two attached hydrogens (primary N) is 1. The number of halogens is 4. The average molecular weight is 590 g/mol. The highest BCUT2D eigenvalue weighted by molar-refractivity contribution is 7.18. The number of aliphatic hydroxyl groups is 1. The number of thiazole rings is 1. The van der Waals surface area contributed by atoms with Crippen LogP contribution < -0.4 is 15.8 Å². The maximum absolute atomic E-state index is 14.6. The Morgan fingerprint density at radius 3 is 2.54 bits per heavy atom. The highest BCUT2D eigenvalue weighted by Gasteiger charge is 2.57. The largest absolute Gasteiger partial charge is 0.489 e. The molecular weight excluding hydrogens is 566 g/mol. The van der Waals surface area contributed by atoms with Crippen molar-refractivity contribution in [2.75, 3.05) is 13.2 Å². The molecule has 0 saturated heterocycles. The molecule has 5 rings (SSSR count). The van der Waals surface area contributed by atoms with Crippen molar-refractivity contribution in [1.82, 2.24) is 20.3 Å². The molecule has 0 radical (unpaired) electrons. The lowest BCUT2D eigenvalue weighted by Gasteiger charge is -2.31. The quantitative estimate of drug-likeness (QED) is 0.279. The average Bonchev–Trinajstić information content (AvgIpc) is 3.52. The lowest BCUT2D eigenvalue weighted by Crippen LogP contribution is -2.51. The zero-order valence-electron chi connectivity index (χ0n) is 21.7. The van der Waals surface area contributed by atoms with E-state index in [-0.39, 0.29) is 34.7 Å². The molecule has 14 heteroatoms. The summed E-state index contributed by atoms with van der Waals surface area (Å²) >= 11 is 1.30. The van der Waals surface area contributed by atoms with Gasteiger partial charge in [0, 0.05) is 17.3 Å². The van der Waals surface area contributed by atoms with Crippen LogP contribution in [0, 0.1) is 5.82 Å². The second kappa shape index (κ2) is 10.0. The molecule has 0 unspecified atom stereocenters. The minimum Gasteiger partial charge on any atom is -0.489 e. The van der Waals surface area contributed by atoms with E-state index < -0.39 is 47.1 Å². The zero-order valence-corrected chi connectivity index (χ0v) is 22.5. The Balaban J connectivity index is 1.57. The standard InChI is InChI=1S/C27H23F4N5O4S/c1-3-19-36-22-17(41-19)8-14(10-33-22)23(37)34-11-26(39,27(29,30)31)18-9-16-21(40-12-25(16,2)24(32)38)20(35-18)13-4-6-15(28)7-5-13/h4-10,39H,3,11-12H2,1-2H3,(H2,32,38)(H,34,37)/t25-,26-/m0/s1. The molecule has 1 aliphatic heterocycles. The highest BCUT2D eigenvalue weighted by Crippen LogP contribution is 2.47. The van der Waals surface area contributed by atoms with Gasteiger partial charge >= 0.3 is 6.18 Å². The van der Waals surface area contributed by atoms with Crippen LogP contribution in [0.25, 0.3) is 21.6 Å². The van der Waals surface area contributed by atoms with Gasteiger partial charge in [0.25, 0.3) is 5.91 Å². The Bertz CT molecular complexity index is 1680. The molecule has 4 N–H and O–H groups in total. The van der Waals surface area contributed by atoms with Crippen molar-refractivity contribution in [2.45, 2.75) is 37.5 Å². The van der Waals surface area contributed by atoms with E-state index in [2.05, 4.69) is 20.3 Å². The monoisotopic (exact) mass is 589 g/mol. The van der Waals surface area contributed by atoms with Crippen LogP contribution in [0.5, 0.6) is 5.75 Å². The number of pyridine rings is 2. The Morgan fingerprint density at radius 1 is 1.20 bits per heavy atom. The first-order valence-corrected chi connectivity index (χ1v) is 13.2. The fraction of sp³-hybridized carbons (Fsp3) is 0.296. The van der Waals surface area contributed by atoms with Gasteiger partial charge < -0.3 is 20.9 Å². The van der Waals surface area contributed by atoms with E-state index in [9.17, 15) is 32.3 Å². The minimum atomic E-state index is -5.33. The number of rotatable bonds is 7. The van der Waals surface area contributed by atoms with Gasteiger partial charge in [-0.1, -0.05) is 6.92 Å². The predicted molar refractivity (Wildman–Crippen MR) is 141 cm³/mol. The first kappa shape index (κ1) is 28.4. The summed E-state index contributed by atoms with van der Waals surface area (Å²) in [6.45, 7) is 1.68. The molecule has 2 amide bonds. The van der Waals surface area contributed by atoms with Crippen LogP contribution >= 0.6 is 11.3 Å². The number of hydrogen-bond acceptors (Lipinski definition) is 8. The number of aryl methyl sites for hydroxylation is 1. The van der Waals surface area contributed by atoms with E-state index in [1.807, 2.05) is 6.92 Å². The van der Waals surface area contributed by atoms with Gasteiger partial charge in [-0.3, -0.25) is 9.59 Å². The molecule has 0 spiro atoms. The maximum Gasteiger partial charge on any atom is 0.424 e. The second-order valence-corrected chi connectivity index (χ2v) is 10.9. The number of amides is 2. The molecule has 2 atom stereocenters. The number of hydrogen-bond donors (Lipinski definition) is 3. The summed E-state index contributed by atoms with van der Waals surface area (Å²) in [6, 6.07) is 7.05. The Labute approximate surface area is 234 Å². The molecule has 1 aromatic carbocycles. The normalized spacial score (nSPS) is 18.0. The third-order valence-electron chi connectivity index (χ3n) is 6.99. The maximum atomic E-state index is 14.6. The summed E-state index contributed by atoms with van der Waals surface area (Å²) in [7, 11) is 0. The number of aromatic nitrogens is 3. The zero-order chi connectivity index (χ0) is 29.7. The summed E-state index contributed by atoms with van der Waals surface area (Å²) < 4.78 is 63.5. The fourth-order valence-corrected chi connectivity index (χ4v) is 5.29. The van der Waals surface area contributed by atoms with Crippen LogP contribution in [0.1, 0.15) is 40.5 Å². The van der Waals surface area contributed by atoms with E-state index in [4.69, 9.17) is 10.5 Å². The van der Waals surface area contributed by atoms with Gasteiger partial charge in [-0.15, -0.1) is 11.3 Å². The SMILES string of the molecule is CCc1nc2ncc(C(=O)NC[C@](O)(c3cc4c(c(-c5ccc(F)cc5)n3)OC[C@]4(C)C(N)=O)C(F)(F)F)cc2s1. The van der Waals surface area contributed by atoms with Crippen LogP contribution in [-0.2, 0) is 22.2 Å². The van der Waals surface area contributed by atoms with Crippen molar-refractivity contribution in [1.29, 1.82) is 0 Å². The molecule has 4 aromatic rings. The number of benzene rings is 1. The van der Waals surface area contributed by atoms with Gasteiger partial charge in [-0.2, -0.15) is 13.2 Å². The first-order valence-electron chi connectivity index (χ1n) is 12.3. The van der Waals surface area contributed by atoms with Crippen LogP contribution in [0.3, 0.4) is 0 Å². The summed E-state index contributed by atoms with van der Waals surface area (Å²) in [5.41, 5.74) is -0.244. The number of primary amides is 1. The van der Waals surface area contributed by atoms with Crippen LogP contribution in [0.15, 0.2) is 42.6 Å². The van der Waals surface area contributed by atoms with Gasteiger partial charge in [0.05, 0.1) is 27.5 Å². The predicted octanol–water partition coefficient (Wildman–Crippen LogP) is 3.77. The highest BCUT2D eigenvalue weighted by atomic mass is 32.1. The van der Waals surface area contributed by atoms with Crippen molar-refractivity contribution in [2.24, 2.45) is 5.73 Å². The number of fused-ring (bicyclic) bond motifs is 2. The molecule has 0 bridgehead atoms. The molecule has 1 aliphatic rings. The molecule has 9 nitrogen and oxygen atoms in total. The summed E-state index contributed by atoms with van der Waals surface area (Å²) in [6.07, 6.45) is -3.51. The minimum absolute atomic E-state index is 0.0226. The lowest BCUT2D eigenvalue weighted by molar-refractivity contribution is -0.265. The van der Waals surface area contributed by atoms with Gasteiger partial charge in [0.2, 0.25) is 11.5 Å². The number of nitrogens with zero attached hydrogens (tertiary/aromatic N) is 3. The van der Waals surface area contributed by atoms with Gasteiger partial charge in [0.1, 0.15) is 29.3 Å². The topological polar surface area (TPSA) is 140 Å². The van der Waals surface area contributed by atoms with Crippen LogP contribution in [0.4, 0.5) is 17.6 Å². The Morgan fingerprint density at radius 2 is 1.90 bits per heavy atom. The number of carbonyl (C=O) groups excluding carboxylic acids is 2. The Kier molecular flexibility index (Phi) is 6.94. The van der Waals surface area contributed by atoms with Crippen molar-refractivity contribution in [3.8, 4) is 17.0 Å². The van der Waals surface area contributed by atoms with Crippen molar-refractivity contribution < 1.29 is 37.0 Å². The lowest BCUT2D eigenvalue weighted by atomic mass is 9.81. The smallest absolute Gasteiger partial charge is 0.424 e. The van der Waals surface area contributed by atoms with Crippen molar-refractivity contribution >= 4 is 33.5 Å². The summed E-state index contributed by atoms with van der Waals surface area (Å²) in [4.78, 5) is 37.7. The number of carbonyl (C=O) groups is 2. The number of alkyl halides is 3. The first-order chi connectivity index (χ1) is 19.3. The third kappa shape index (κ3) is 4.86. The molecule has 0 saturated carbocycles. The van der Waals surface area contributed by atoms with Gasteiger partial charge in [-0.25, -0.2) is 19.3 Å². The van der Waals surface area contributed by atoms with Gasteiger partial charge in [-0.05, 0) is 49.7 Å². The van der Waals surface area contributed by atoms with E-state index in [0.717, 1.165) is 23.2 Å². The summed E-state index contributed by atoms with van der Waals surface area (Å²) in [5.74, 6) is -2.42. The molecule has 214 valence electrons. The summed E-state index contributed by atoms with van der Waals surface area (Å²) in [5, 5.41) is 14.0. The second-order valence-electron chi connectivity index (χ2n) is 9.77. The van der Waals surface area contributed by atoms with E-state index in [0.29, 0.717) is 16.8 Å². The fourth-order valence-electron chi connectivity index (χ4n) is 4.39. The van der Waals surface area contributed by atoms with E-state index >= 15 is 0 Å². The number of nitrogens with one attached hydrogen (secondary N) is 1. The van der Waals surface area contributed by atoms with E-state index in [1.54, 1.807) is 0 Å². The van der Waals surface area contributed by atoms with Crippen LogP contribution in [-0.4, -0.2) is 51.2 Å². The Hall–Kier alpha value is -4.17. The molecule has 4 heterocycles.